The molecule has 6 heteroatoms. The average Bonchev–Trinajstić information content (AvgIpc) is 2.59. The zero-order chi connectivity index (χ0) is 16.9. The van der Waals surface area contributed by atoms with E-state index in [2.05, 4.69) is 10.3 Å². The minimum absolute atomic E-state index is 0.167. The lowest BCUT2D eigenvalue weighted by molar-refractivity contribution is 0.0605. The molecule has 126 valence electrons. The summed E-state index contributed by atoms with van der Waals surface area (Å²) in [4.78, 5) is 14.6. The van der Waals surface area contributed by atoms with Crippen molar-refractivity contribution in [2.24, 2.45) is 0 Å². The molecule has 0 bridgehead atoms. The Morgan fingerprint density at radius 2 is 1.54 bits per heavy atom. The molecule has 2 aromatic rings. The Hall–Kier alpha value is -1.59. The molecule has 4 nitrogen and oxygen atoms in total. The van der Waals surface area contributed by atoms with E-state index in [1.165, 1.54) is 0 Å². The minimum Gasteiger partial charge on any atom is -0.296 e. The average molecular weight is 364 g/mol. The highest BCUT2D eigenvalue weighted by atomic mass is 35.5. The first-order valence-electron chi connectivity index (χ1n) is 7.90. The highest BCUT2D eigenvalue weighted by molar-refractivity contribution is 6.33. The number of rotatable bonds is 4. The minimum atomic E-state index is -0.167. The van der Waals surface area contributed by atoms with Crippen LogP contribution in [-0.2, 0) is 6.54 Å². The largest absolute Gasteiger partial charge is 0.296 e. The second kappa shape index (κ2) is 7.99. The van der Waals surface area contributed by atoms with Crippen LogP contribution in [0.25, 0.3) is 0 Å². The molecule has 0 spiro atoms. The van der Waals surface area contributed by atoms with E-state index in [9.17, 15) is 4.79 Å². The summed E-state index contributed by atoms with van der Waals surface area (Å²) < 4.78 is 0. The molecule has 0 saturated carbocycles. The van der Waals surface area contributed by atoms with Crippen LogP contribution in [0.4, 0.5) is 0 Å². The topological polar surface area (TPSA) is 35.6 Å². The first-order valence-corrected chi connectivity index (χ1v) is 8.65. The molecule has 24 heavy (non-hydrogen) atoms. The molecule has 0 atom stereocenters. The van der Waals surface area contributed by atoms with E-state index < -0.39 is 0 Å². The molecule has 0 aliphatic carbocycles. The van der Waals surface area contributed by atoms with Gasteiger partial charge in [0.2, 0.25) is 0 Å². The zero-order valence-corrected chi connectivity index (χ0v) is 14.7. The lowest BCUT2D eigenvalue weighted by Gasteiger charge is -2.34. The molecule has 1 fully saturated rings. The normalized spacial score (nSPS) is 16.1. The van der Waals surface area contributed by atoms with Crippen molar-refractivity contribution in [3.63, 3.8) is 0 Å². The van der Waals surface area contributed by atoms with Gasteiger partial charge in [0.25, 0.3) is 5.91 Å². The number of hydrogen-bond acceptors (Lipinski definition) is 3. The van der Waals surface area contributed by atoms with Crippen molar-refractivity contribution in [2.45, 2.75) is 6.54 Å². The van der Waals surface area contributed by atoms with Gasteiger partial charge >= 0.3 is 0 Å². The molecular weight excluding hydrogens is 345 g/mol. The molecule has 0 aromatic heterocycles. The zero-order valence-electron chi connectivity index (χ0n) is 13.2. The molecule has 1 aliphatic rings. The SMILES string of the molecule is O=C(NN1CCN(Cc2ccccc2Cl)CC1)c1ccccc1Cl. The van der Waals surface area contributed by atoms with Gasteiger partial charge in [0.1, 0.15) is 0 Å². The van der Waals surface area contributed by atoms with E-state index in [1.807, 2.05) is 41.4 Å². The van der Waals surface area contributed by atoms with E-state index in [1.54, 1.807) is 12.1 Å². The summed E-state index contributed by atoms with van der Waals surface area (Å²) in [5.41, 5.74) is 4.56. The van der Waals surface area contributed by atoms with Gasteiger partial charge in [-0.15, -0.1) is 0 Å². The number of piperazine rings is 1. The molecule has 0 radical (unpaired) electrons. The number of carbonyl (C=O) groups excluding carboxylic acids is 1. The maximum absolute atomic E-state index is 12.3. The smallest absolute Gasteiger partial charge is 0.267 e. The van der Waals surface area contributed by atoms with Crippen LogP contribution in [0.15, 0.2) is 48.5 Å². The van der Waals surface area contributed by atoms with Crippen molar-refractivity contribution in [3.8, 4) is 0 Å². The summed E-state index contributed by atoms with van der Waals surface area (Å²) >= 11 is 12.3. The van der Waals surface area contributed by atoms with Crippen LogP contribution in [0, 0.1) is 0 Å². The van der Waals surface area contributed by atoms with Crippen molar-refractivity contribution >= 4 is 29.1 Å². The van der Waals surface area contributed by atoms with Gasteiger partial charge in [-0.3, -0.25) is 15.1 Å². The van der Waals surface area contributed by atoms with Crippen LogP contribution >= 0.6 is 23.2 Å². The van der Waals surface area contributed by atoms with Crippen LogP contribution in [0.2, 0.25) is 10.0 Å². The fraction of sp³-hybridized carbons (Fsp3) is 0.278. The van der Waals surface area contributed by atoms with E-state index in [-0.39, 0.29) is 5.91 Å². The van der Waals surface area contributed by atoms with Crippen LogP contribution in [0.1, 0.15) is 15.9 Å². The Labute approximate surface area is 151 Å². The summed E-state index contributed by atoms with van der Waals surface area (Å²) in [5.74, 6) is -0.167. The first kappa shape index (κ1) is 17.2. The monoisotopic (exact) mass is 363 g/mol. The van der Waals surface area contributed by atoms with Crippen LogP contribution in [-0.4, -0.2) is 42.0 Å². The molecule has 1 heterocycles. The Balaban J connectivity index is 1.51. The van der Waals surface area contributed by atoms with Gasteiger partial charge < -0.3 is 0 Å². The predicted molar refractivity (Wildman–Crippen MR) is 97.2 cm³/mol. The number of hydrogen-bond donors (Lipinski definition) is 1. The lowest BCUT2D eigenvalue weighted by atomic mass is 10.2. The third-order valence-corrected chi connectivity index (χ3v) is 4.80. The number of nitrogens with zero attached hydrogens (tertiary/aromatic N) is 2. The summed E-state index contributed by atoms with van der Waals surface area (Å²) in [7, 11) is 0. The van der Waals surface area contributed by atoms with Crippen LogP contribution in [0.3, 0.4) is 0 Å². The van der Waals surface area contributed by atoms with Crippen molar-refractivity contribution in [1.82, 2.24) is 15.3 Å². The predicted octanol–water partition coefficient (Wildman–Crippen LogP) is 3.46. The summed E-state index contributed by atoms with van der Waals surface area (Å²) in [6, 6.07) is 15.0. The highest BCUT2D eigenvalue weighted by Gasteiger charge is 2.20. The lowest BCUT2D eigenvalue weighted by Crippen LogP contribution is -2.53. The molecule has 1 aliphatic heterocycles. The maximum Gasteiger partial charge on any atom is 0.267 e. The number of nitrogens with one attached hydrogen (secondary N) is 1. The standard InChI is InChI=1S/C18H19Cl2N3O/c19-16-7-3-1-5-14(16)13-22-9-11-23(12-10-22)21-18(24)15-6-2-4-8-17(15)20/h1-8H,9-13H2,(H,21,24). The molecule has 1 saturated heterocycles. The van der Waals surface area contributed by atoms with Crippen molar-refractivity contribution < 1.29 is 4.79 Å². The van der Waals surface area contributed by atoms with Crippen molar-refractivity contribution in [1.29, 1.82) is 0 Å². The molecule has 0 unspecified atom stereocenters. The van der Waals surface area contributed by atoms with Gasteiger partial charge in [0, 0.05) is 37.7 Å². The second-order valence-electron chi connectivity index (χ2n) is 5.78. The third kappa shape index (κ3) is 4.28. The van der Waals surface area contributed by atoms with Gasteiger partial charge in [-0.25, -0.2) is 5.01 Å². The molecule has 2 aromatic carbocycles. The maximum atomic E-state index is 12.3. The molecule has 1 N–H and O–H groups in total. The highest BCUT2D eigenvalue weighted by Crippen LogP contribution is 2.18. The third-order valence-electron chi connectivity index (χ3n) is 4.10. The Morgan fingerprint density at radius 1 is 0.917 bits per heavy atom. The fourth-order valence-electron chi connectivity index (χ4n) is 2.73. The summed E-state index contributed by atoms with van der Waals surface area (Å²) in [6.45, 7) is 4.09. The van der Waals surface area contributed by atoms with Crippen molar-refractivity contribution in [2.75, 3.05) is 26.2 Å². The number of benzene rings is 2. The van der Waals surface area contributed by atoms with Crippen molar-refractivity contribution in [3.05, 3.63) is 69.7 Å². The van der Waals surface area contributed by atoms with Gasteiger partial charge in [0.15, 0.2) is 0 Å². The summed E-state index contributed by atoms with van der Waals surface area (Å²) in [5, 5.41) is 3.20. The van der Waals surface area contributed by atoms with E-state index in [0.29, 0.717) is 10.6 Å². The second-order valence-corrected chi connectivity index (χ2v) is 6.59. The van der Waals surface area contributed by atoms with Gasteiger partial charge in [-0.05, 0) is 23.8 Å². The summed E-state index contributed by atoms with van der Waals surface area (Å²) in [6.07, 6.45) is 0. The Morgan fingerprint density at radius 3 is 2.21 bits per heavy atom. The Kier molecular flexibility index (Phi) is 5.74. The van der Waals surface area contributed by atoms with Crippen LogP contribution in [0.5, 0.6) is 0 Å². The van der Waals surface area contributed by atoms with Gasteiger partial charge in [-0.2, -0.15) is 0 Å². The van der Waals surface area contributed by atoms with Crippen LogP contribution < -0.4 is 5.43 Å². The quantitative estimate of drug-likeness (QED) is 0.903. The molecule has 1 amide bonds. The fourth-order valence-corrected chi connectivity index (χ4v) is 3.15. The number of amides is 1. The van der Waals surface area contributed by atoms with Gasteiger partial charge in [-0.1, -0.05) is 53.5 Å². The number of hydrazine groups is 1. The number of carbonyl (C=O) groups is 1. The van der Waals surface area contributed by atoms with Gasteiger partial charge in [0.05, 0.1) is 10.6 Å². The van der Waals surface area contributed by atoms with E-state index in [4.69, 9.17) is 23.2 Å². The van der Waals surface area contributed by atoms with E-state index in [0.717, 1.165) is 43.3 Å². The molecule has 3 rings (SSSR count). The van der Waals surface area contributed by atoms with E-state index >= 15 is 0 Å². The molecular formula is C18H19Cl2N3O. The Bertz CT molecular complexity index is 715. The first-order chi connectivity index (χ1) is 11.6. The number of halogens is 2.